The Morgan fingerprint density at radius 2 is 1.64 bits per heavy atom. The highest BCUT2D eigenvalue weighted by molar-refractivity contribution is 5.69. The minimum Gasteiger partial charge on any atom is -0.449 e. The highest BCUT2D eigenvalue weighted by atomic mass is 19.4. The number of alkyl carbamates (subject to hydrolysis) is 2. The van der Waals surface area contributed by atoms with Gasteiger partial charge in [0.1, 0.15) is 11.6 Å². The molecule has 0 radical (unpaired) electrons. The topological polar surface area (TPSA) is 76.7 Å². The summed E-state index contributed by atoms with van der Waals surface area (Å²) in [6.07, 6.45) is -6.92. The van der Waals surface area contributed by atoms with Crippen molar-refractivity contribution in [1.82, 2.24) is 10.6 Å². The lowest BCUT2D eigenvalue weighted by molar-refractivity contribution is -0.153. The van der Waals surface area contributed by atoms with Gasteiger partial charge in [0.25, 0.3) is 0 Å². The molecule has 0 aromatic rings. The van der Waals surface area contributed by atoms with Crippen LogP contribution in [0, 0.1) is 5.92 Å². The third kappa shape index (κ3) is 10.1. The van der Waals surface area contributed by atoms with E-state index in [-0.39, 0.29) is 12.5 Å². The molecule has 2 N–H and O–H groups in total. The van der Waals surface area contributed by atoms with Gasteiger partial charge in [-0.25, -0.2) is 9.59 Å². The number of rotatable bonds is 5. The number of halogens is 3. The second-order valence-corrected chi connectivity index (χ2v) is 6.11. The maximum absolute atomic E-state index is 12.8. The molecule has 9 heteroatoms. The van der Waals surface area contributed by atoms with E-state index in [1.54, 1.807) is 39.9 Å². The van der Waals surface area contributed by atoms with Crippen LogP contribution >= 0.6 is 0 Å². The lowest BCUT2D eigenvalue weighted by Gasteiger charge is -2.24. The SMILES string of the molecule is CC(C)COC(=O)NC(CNC(=O)OC(C)(C)C)C(F)(F)F. The van der Waals surface area contributed by atoms with Crippen molar-refractivity contribution >= 4 is 12.2 Å². The summed E-state index contributed by atoms with van der Waals surface area (Å²) >= 11 is 0. The minimum atomic E-state index is -4.73. The van der Waals surface area contributed by atoms with E-state index in [9.17, 15) is 22.8 Å². The molecular formula is C13H23F3N2O4. The highest BCUT2D eigenvalue weighted by Crippen LogP contribution is 2.20. The van der Waals surface area contributed by atoms with Crippen LogP contribution in [0.4, 0.5) is 22.8 Å². The maximum Gasteiger partial charge on any atom is 0.410 e. The minimum absolute atomic E-state index is 0.00406. The normalized spacial score (nSPS) is 13.5. The van der Waals surface area contributed by atoms with Crippen molar-refractivity contribution in [2.24, 2.45) is 5.92 Å². The Morgan fingerprint density at radius 1 is 1.09 bits per heavy atom. The Balaban J connectivity index is 4.49. The lowest BCUT2D eigenvalue weighted by Crippen LogP contribution is -2.52. The van der Waals surface area contributed by atoms with E-state index in [1.807, 2.05) is 5.32 Å². The van der Waals surface area contributed by atoms with E-state index in [4.69, 9.17) is 4.74 Å². The molecule has 0 rings (SSSR count). The molecule has 22 heavy (non-hydrogen) atoms. The van der Waals surface area contributed by atoms with Crippen molar-refractivity contribution < 1.29 is 32.2 Å². The summed E-state index contributed by atoms with van der Waals surface area (Å²) < 4.78 is 47.9. The quantitative estimate of drug-likeness (QED) is 0.813. The molecule has 0 aliphatic rings. The van der Waals surface area contributed by atoms with E-state index >= 15 is 0 Å². The monoisotopic (exact) mass is 328 g/mol. The third-order valence-electron chi connectivity index (χ3n) is 2.08. The van der Waals surface area contributed by atoms with Gasteiger partial charge >= 0.3 is 18.4 Å². The van der Waals surface area contributed by atoms with Crippen LogP contribution in [0.15, 0.2) is 0 Å². The summed E-state index contributed by atoms with van der Waals surface area (Å²) in [4.78, 5) is 22.6. The fraction of sp³-hybridized carbons (Fsp3) is 0.846. The van der Waals surface area contributed by atoms with Crippen molar-refractivity contribution in [3.05, 3.63) is 0 Å². The summed E-state index contributed by atoms with van der Waals surface area (Å²) in [5.41, 5.74) is -0.832. The summed E-state index contributed by atoms with van der Waals surface area (Å²) in [7, 11) is 0. The molecule has 0 aliphatic heterocycles. The molecule has 1 unspecified atom stereocenters. The van der Waals surface area contributed by atoms with Crippen LogP contribution in [0.2, 0.25) is 0 Å². The van der Waals surface area contributed by atoms with Crippen molar-refractivity contribution in [3.63, 3.8) is 0 Å². The van der Waals surface area contributed by atoms with Gasteiger partial charge in [0, 0.05) is 0 Å². The summed E-state index contributed by atoms with van der Waals surface area (Å²) in [6.45, 7) is 7.38. The van der Waals surface area contributed by atoms with Crippen LogP contribution in [0.3, 0.4) is 0 Å². The number of alkyl halides is 3. The van der Waals surface area contributed by atoms with Gasteiger partial charge in [-0.2, -0.15) is 13.2 Å². The first-order valence-corrected chi connectivity index (χ1v) is 6.78. The number of carbonyl (C=O) groups excluding carboxylic acids is 2. The van der Waals surface area contributed by atoms with Crippen LogP contribution in [0.25, 0.3) is 0 Å². The Labute approximate surface area is 127 Å². The highest BCUT2D eigenvalue weighted by Gasteiger charge is 2.41. The summed E-state index contributed by atoms with van der Waals surface area (Å²) in [6, 6.07) is -2.26. The average molecular weight is 328 g/mol. The zero-order valence-electron chi connectivity index (χ0n) is 13.3. The van der Waals surface area contributed by atoms with Gasteiger partial charge in [-0.15, -0.1) is 0 Å². The number of amides is 2. The van der Waals surface area contributed by atoms with Gasteiger partial charge in [-0.1, -0.05) is 13.8 Å². The molecule has 2 amide bonds. The molecule has 0 fully saturated rings. The fourth-order valence-electron chi connectivity index (χ4n) is 1.17. The van der Waals surface area contributed by atoms with Crippen molar-refractivity contribution in [3.8, 4) is 0 Å². The maximum atomic E-state index is 12.8. The molecule has 0 saturated heterocycles. The molecule has 130 valence electrons. The summed E-state index contributed by atoms with van der Waals surface area (Å²) in [5.74, 6) is -0.00465. The molecule has 1 atom stereocenters. The van der Waals surface area contributed by atoms with Crippen molar-refractivity contribution in [2.45, 2.75) is 52.4 Å². The molecule has 0 saturated carbocycles. The van der Waals surface area contributed by atoms with E-state index in [1.165, 1.54) is 0 Å². The first-order valence-electron chi connectivity index (χ1n) is 6.78. The first-order chi connectivity index (χ1) is 9.81. The molecular weight excluding hydrogens is 305 g/mol. The molecule has 0 aliphatic carbocycles. The van der Waals surface area contributed by atoms with E-state index in [2.05, 4.69) is 4.74 Å². The van der Waals surface area contributed by atoms with Gasteiger partial charge in [-0.3, -0.25) is 0 Å². The zero-order chi connectivity index (χ0) is 17.6. The second kappa shape index (κ2) is 8.09. The van der Waals surface area contributed by atoms with E-state index < -0.39 is 36.6 Å². The van der Waals surface area contributed by atoms with Gasteiger partial charge in [0.15, 0.2) is 0 Å². The van der Waals surface area contributed by atoms with Crippen LogP contribution < -0.4 is 10.6 Å². The molecule has 0 heterocycles. The molecule has 0 aromatic heterocycles. The predicted octanol–water partition coefficient (Wildman–Crippen LogP) is 2.82. The van der Waals surface area contributed by atoms with Crippen LogP contribution in [0.1, 0.15) is 34.6 Å². The third-order valence-corrected chi connectivity index (χ3v) is 2.08. The van der Waals surface area contributed by atoms with Crippen molar-refractivity contribution in [1.29, 1.82) is 0 Å². The number of nitrogens with one attached hydrogen (secondary N) is 2. The van der Waals surface area contributed by atoms with E-state index in [0.29, 0.717) is 0 Å². The van der Waals surface area contributed by atoms with Crippen LogP contribution in [-0.4, -0.2) is 43.2 Å². The summed E-state index contributed by atoms with van der Waals surface area (Å²) in [5, 5.41) is 3.64. The van der Waals surface area contributed by atoms with Crippen molar-refractivity contribution in [2.75, 3.05) is 13.2 Å². The number of ether oxygens (including phenoxy) is 2. The second-order valence-electron chi connectivity index (χ2n) is 6.11. The molecule has 6 nitrogen and oxygen atoms in total. The van der Waals surface area contributed by atoms with Crippen LogP contribution in [0.5, 0.6) is 0 Å². The Hall–Kier alpha value is -1.67. The smallest absolute Gasteiger partial charge is 0.410 e. The lowest BCUT2D eigenvalue weighted by atomic mass is 10.2. The first kappa shape index (κ1) is 20.3. The van der Waals surface area contributed by atoms with Gasteiger partial charge < -0.3 is 20.1 Å². The van der Waals surface area contributed by atoms with Gasteiger partial charge in [-0.05, 0) is 26.7 Å². The number of carbonyl (C=O) groups is 2. The average Bonchev–Trinajstić information content (AvgIpc) is 2.28. The largest absolute Gasteiger partial charge is 0.449 e. The van der Waals surface area contributed by atoms with Crippen LogP contribution in [-0.2, 0) is 9.47 Å². The number of hydrogen-bond acceptors (Lipinski definition) is 4. The number of hydrogen-bond donors (Lipinski definition) is 2. The molecule has 0 spiro atoms. The van der Waals surface area contributed by atoms with E-state index in [0.717, 1.165) is 0 Å². The van der Waals surface area contributed by atoms with Gasteiger partial charge in [0.2, 0.25) is 0 Å². The molecule has 0 aromatic carbocycles. The standard InChI is InChI=1S/C13H23F3N2O4/c1-8(2)7-21-11(20)18-9(13(14,15)16)6-17-10(19)22-12(3,4)5/h8-9H,6-7H2,1-5H3,(H,17,19)(H,18,20). The fourth-order valence-corrected chi connectivity index (χ4v) is 1.17. The molecule has 0 bridgehead atoms. The zero-order valence-corrected chi connectivity index (χ0v) is 13.3. The van der Waals surface area contributed by atoms with Gasteiger partial charge in [0.05, 0.1) is 13.2 Å². The Bertz CT molecular complexity index is 378. The Kier molecular flexibility index (Phi) is 7.48. The predicted molar refractivity (Wildman–Crippen MR) is 73.4 cm³/mol. The Morgan fingerprint density at radius 3 is 2.05 bits per heavy atom.